The van der Waals surface area contributed by atoms with Gasteiger partial charge in [-0.3, -0.25) is 4.68 Å². The molecule has 30 heavy (non-hydrogen) atoms. The van der Waals surface area contributed by atoms with Crippen molar-refractivity contribution in [2.45, 2.75) is 53.1 Å². The van der Waals surface area contributed by atoms with Gasteiger partial charge in [-0.05, 0) is 58.2 Å². The lowest BCUT2D eigenvalue weighted by molar-refractivity contribution is 0.634. The van der Waals surface area contributed by atoms with Crippen molar-refractivity contribution in [2.75, 3.05) is 11.4 Å². The van der Waals surface area contributed by atoms with Crippen LogP contribution in [0.1, 0.15) is 48.6 Å². The maximum Gasteiger partial charge on any atom is 0.226 e. The molecule has 1 aromatic carbocycles. The topological polar surface area (TPSA) is 75.5 Å². The highest BCUT2D eigenvalue weighted by Gasteiger charge is 2.31. The number of rotatable bonds is 4. The van der Waals surface area contributed by atoms with Crippen LogP contribution in [0.3, 0.4) is 0 Å². The maximum absolute atomic E-state index is 4.96. The first-order valence-electron chi connectivity index (χ1n) is 10.7. The van der Waals surface area contributed by atoms with Crippen molar-refractivity contribution in [3.8, 4) is 11.3 Å². The minimum absolute atomic E-state index is 0.160. The van der Waals surface area contributed by atoms with Gasteiger partial charge in [-0.25, -0.2) is 15.0 Å². The lowest BCUT2D eigenvalue weighted by Gasteiger charge is -2.23. The normalized spacial score (nSPS) is 16.7. The summed E-state index contributed by atoms with van der Waals surface area (Å²) in [5.74, 6) is 1.76. The van der Waals surface area contributed by atoms with Gasteiger partial charge in [-0.15, -0.1) is 0 Å². The molecule has 5 rings (SSSR count). The van der Waals surface area contributed by atoms with Crippen LogP contribution in [0.5, 0.6) is 0 Å². The van der Waals surface area contributed by atoms with Gasteiger partial charge >= 0.3 is 0 Å². The fourth-order valence-corrected chi connectivity index (χ4v) is 4.64. The quantitative estimate of drug-likeness (QED) is 0.545. The number of hydrogen-bond acceptors (Lipinski definition) is 5. The Morgan fingerprint density at radius 3 is 2.77 bits per heavy atom. The second kappa shape index (κ2) is 7.23. The van der Waals surface area contributed by atoms with Gasteiger partial charge < -0.3 is 9.88 Å². The molecule has 0 unspecified atom stereocenters. The number of imidazole rings is 1. The number of hydrogen-bond donors (Lipinski definition) is 1. The molecule has 1 aliphatic rings. The van der Waals surface area contributed by atoms with Gasteiger partial charge in [0.1, 0.15) is 5.82 Å². The Balaban J connectivity index is 1.53. The number of aromatic amines is 1. The van der Waals surface area contributed by atoms with E-state index in [1.54, 1.807) is 0 Å². The first kappa shape index (κ1) is 18.8. The zero-order valence-corrected chi connectivity index (χ0v) is 18.0. The van der Waals surface area contributed by atoms with Gasteiger partial charge in [0.2, 0.25) is 5.95 Å². The van der Waals surface area contributed by atoms with Crippen LogP contribution >= 0.6 is 0 Å². The Morgan fingerprint density at radius 1 is 1.13 bits per heavy atom. The van der Waals surface area contributed by atoms with Crippen molar-refractivity contribution in [1.29, 1.82) is 0 Å². The molecule has 4 heterocycles. The number of anilines is 1. The third kappa shape index (κ3) is 2.96. The van der Waals surface area contributed by atoms with E-state index in [0.29, 0.717) is 0 Å². The Morgan fingerprint density at radius 2 is 2.00 bits per heavy atom. The molecule has 1 atom stereocenters. The highest BCUT2D eigenvalue weighted by molar-refractivity contribution is 5.78. The molecule has 1 aliphatic heterocycles. The fraction of sp³-hybridized carbons (Fsp3) is 0.391. The number of nitrogens with one attached hydrogen (secondary N) is 1. The van der Waals surface area contributed by atoms with E-state index in [9.17, 15) is 0 Å². The molecular formula is C23H27N7. The van der Waals surface area contributed by atoms with E-state index in [1.165, 1.54) is 5.56 Å². The van der Waals surface area contributed by atoms with Crippen LogP contribution in [0.15, 0.2) is 30.5 Å². The van der Waals surface area contributed by atoms with Crippen LogP contribution in [-0.2, 0) is 6.54 Å². The van der Waals surface area contributed by atoms with Gasteiger partial charge in [0.25, 0.3) is 0 Å². The minimum atomic E-state index is 0.160. The molecule has 1 fully saturated rings. The third-order valence-corrected chi connectivity index (χ3v) is 6.14. The number of nitrogens with zero attached hydrogens (tertiary/aromatic N) is 6. The Labute approximate surface area is 176 Å². The van der Waals surface area contributed by atoms with Crippen molar-refractivity contribution < 1.29 is 0 Å². The molecule has 0 amide bonds. The first-order chi connectivity index (χ1) is 14.6. The lowest BCUT2D eigenvalue weighted by atomic mass is 10.1. The second-order valence-corrected chi connectivity index (χ2v) is 8.05. The Bertz CT molecular complexity index is 1220. The summed E-state index contributed by atoms with van der Waals surface area (Å²) in [6, 6.07) is 8.41. The molecule has 1 saturated heterocycles. The largest absolute Gasteiger partial charge is 0.340 e. The van der Waals surface area contributed by atoms with Crippen molar-refractivity contribution >= 4 is 17.0 Å². The van der Waals surface area contributed by atoms with E-state index in [-0.39, 0.29) is 6.04 Å². The zero-order chi connectivity index (χ0) is 20.8. The highest BCUT2D eigenvalue weighted by Crippen LogP contribution is 2.35. The van der Waals surface area contributed by atoms with Gasteiger partial charge in [0, 0.05) is 30.5 Å². The first-order valence-corrected chi connectivity index (χ1v) is 10.7. The van der Waals surface area contributed by atoms with Crippen LogP contribution in [0.4, 0.5) is 5.95 Å². The van der Waals surface area contributed by atoms with E-state index in [4.69, 9.17) is 9.97 Å². The Hall–Kier alpha value is -3.22. The molecule has 0 aliphatic carbocycles. The standard InChI is InChI=1S/C23H27N7/c1-5-30-16(4)20(15(3)28-30)17-11-12-24-23(26-17)29-13-7-10-19(29)22-25-18-9-6-8-14(2)21(18)27-22/h6,8-9,11-12,19H,5,7,10,13H2,1-4H3,(H,25,27)/t19-/m0/s1. The number of aryl methyl sites for hydroxylation is 3. The van der Waals surface area contributed by atoms with Crippen LogP contribution in [0, 0.1) is 20.8 Å². The summed E-state index contributed by atoms with van der Waals surface area (Å²) in [6.07, 6.45) is 4.00. The third-order valence-electron chi connectivity index (χ3n) is 6.14. The predicted octanol–water partition coefficient (Wildman–Crippen LogP) is 4.50. The summed E-state index contributed by atoms with van der Waals surface area (Å²) in [4.78, 5) is 20.3. The molecular weight excluding hydrogens is 374 g/mol. The second-order valence-electron chi connectivity index (χ2n) is 8.05. The molecule has 7 heteroatoms. The van der Waals surface area contributed by atoms with Crippen molar-refractivity contribution in [3.05, 3.63) is 53.2 Å². The minimum Gasteiger partial charge on any atom is -0.340 e. The smallest absolute Gasteiger partial charge is 0.226 e. The van der Waals surface area contributed by atoms with E-state index < -0.39 is 0 Å². The summed E-state index contributed by atoms with van der Waals surface area (Å²) in [6.45, 7) is 10.1. The Kier molecular flexibility index (Phi) is 4.53. The predicted molar refractivity (Wildman–Crippen MR) is 119 cm³/mol. The molecule has 154 valence electrons. The van der Waals surface area contributed by atoms with E-state index >= 15 is 0 Å². The van der Waals surface area contributed by atoms with Crippen LogP contribution < -0.4 is 4.90 Å². The van der Waals surface area contributed by atoms with Crippen LogP contribution in [0.2, 0.25) is 0 Å². The van der Waals surface area contributed by atoms with E-state index in [0.717, 1.165) is 71.4 Å². The summed E-state index contributed by atoms with van der Waals surface area (Å²) in [5, 5.41) is 4.65. The molecule has 4 aromatic rings. The fourth-order valence-electron chi connectivity index (χ4n) is 4.64. The maximum atomic E-state index is 4.96. The molecule has 0 radical (unpaired) electrons. The zero-order valence-electron chi connectivity index (χ0n) is 18.0. The monoisotopic (exact) mass is 401 g/mol. The highest BCUT2D eigenvalue weighted by atomic mass is 15.3. The van der Waals surface area contributed by atoms with Gasteiger partial charge in [-0.1, -0.05) is 12.1 Å². The molecule has 1 N–H and O–H groups in total. The number of benzene rings is 1. The SMILES string of the molecule is CCn1nc(C)c(-c2ccnc(N3CCC[C@H]3c3nc4c(C)cccc4[nH]3)n2)c1C. The van der Waals surface area contributed by atoms with Crippen molar-refractivity contribution in [2.24, 2.45) is 0 Å². The summed E-state index contributed by atoms with van der Waals surface area (Å²) < 4.78 is 2.03. The molecule has 3 aromatic heterocycles. The van der Waals surface area contributed by atoms with Crippen molar-refractivity contribution in [3.63, 3.8) is 0 Å². The summed E-state index contributed by atoms with van der Waals surface area (Å²) >= 11 is 0. The van der Waals surface area contributed by atoms with Crippen LogP contribution in [0.25, 0.3) is 22.3 Å². The van der Waals surface area contributed by atoms with Gasteiger partial charge in [0.05, 0.1) is 28.5 Å². The van der Waals surface area contributed by atoms with Gasteiger partial charge in [0.15, 0.2) is 0 Å². The molecule has 0 bridgehead atoms. The van der Waals surface area contributed by atoms with Gasteiger partial charge in [-0.2, -0.15) is 5.10 Å². The lowest BCUT2D eigenvalue weighted by Crippen LogP contribution is -2.25. The average Bonchev–Trinajstić information content (AvgIpc) is 3.45. The summed E-state index contributed by atoms with van der Waals surface area (Å²) in [7, 11) is 0. The molecule has 7 nitrogen and oxygen atoms in total. The number of fused-ring (bicyclic) bond motifs is 1. The average molecular weight is 402 g/mol. The number of aromatic nitrogens is 6. The van der Waals surface area contributed by atoms with Crippen molar-refractivity contribution in [1.82, 2.24) is 29.7 Å². The molecule has 0 saturated carbocycles. The van der Waals surface area contributed by atoms with Crippen LogP contribution in [-0.4, -0.2) is 36.3 Å². The number of H-pyrrole nitrogens is 1. The summed E-state index contributed by atoms with van der Waals surface area (Å²) in [5.41, 5.74) is 7.51. The van der Waals surface area contributed by atoms with E-state index in [1.807, 2.05) is 23.9 Å². The number of para-hydroxylation sites is 1. The van der Waals surface area contributed by atoms with E-state index in [2.05, 4.69) is 58.9 Å². The molecule has 0 spiro atoms.